The van der Waals surface area contributed by atoms with Crippen molar-refractivity contribution >= 4 is 23.2 Å². The van der Waals surface area contributed by atoms with Gasteiger partial charge in [-0.25, -0.2) is 0 Å². The quantitative estimate of drug-likeness (QED) is 0.886. The van der Waals surface area contributed by atoms with Gasteiger partial charge in [0.2, 0.25) is 0 Å². The molecule has 0 bridgehead atoms. The number of hydrogen-bond acceptors (Lipinski definition) is 2. The van der Waals surface area contributed by atoms with Crippen LogP contribution in [-0.2, 0) is 4.74 Å². The fourth-order valence-corrected chi connectivity index (χ4v) is 1.62. The molecule has 84 valence electrons. The van der Waals surface area contributed by atoms with Gasteiger partial charge in [-0.1, -0.05) is 29.3 Å². The molecule has 0 saturated carbocycles. The zero-order valence-corrected chi connectivity index (χ0v) is 10.3. The van der Waals surface area contributed by atoms with Crippen LogP contribution >= 0.6 is 23.2 Å². The second-order valence-corrected chi connectivity index (χ2v) is 4.40. The third-order valence-electron chi connectivity index (χ3n) is 1.97. The highest BCUT2D eigenvalue weighted by Crippen LogP contribution is 2.27. The Kier molecular flexibility index (Phi) is 4.87. The van der Waals surface area contributed by atoms with Gasteiger partial charge in [-0.05, 0) is 31.5 Å². The highest BCUT2D eigenvalue weighted by Gasteiger charge is 2.13. The Morgan fingerprint density at radius 1 is 1.27 bits per heavy atom. The summed E-state index contributed by atoms with van der Waals surface area (Å²) in [5.41, 5.74) is 6.60. The van der Waals surface area contributed by atoms with Gasteiger partial charge in [-0.15, -0.1) is 0 Å². The fourth-order valence-electron chi connectivity index (χ4n) is 1.31. The molecule has 2 nitrogen and oxygen atoms in total. The zero-order valence-electron chi connectivity index (χ0n) is 8.84. The van der Waals surface area contributed by atoms with Crippen LogP contribution in [0, 0.1) is 0 Å². The molecule has 0 aliphatic rings. The maximum absolute atomic E-state index is 5.92. The Morgan fingerprint density at radius 2 is 1.93 bits per heavy atom. The van der Waals surface area contributed by atoms with Gasteiger partial charge >= 0.3 is 0 Å². The molecule has 1 aromatic carbocycles. The average Bonchev–Trinajstić information content (AvgIpc) is 2.18. The molecule has 0 spiro atoms. The van der Waals surface area contributed by atoms with E-state index in [2.05, 4.69) is 0 Å². The molecule has 1 atom stereocenters. The van der Waals surface area contributed by atoms with Gasteiger partial charge in [0.25, 0.3) is 0 Å². The standard InChI is InChI=1S/C11H15Cl2NO/c1-7(2)15-11(6-14)8-3-4-9(12)10(13)5-8/h3-5,7,11H,6,14H2,1-2H3/t11-/m0/s1. The summed E-state index contributed by atoms with van der Waals surface area (Å²) in [5, 5.41) is 1.07. The summed E-state index contributed by atoms with van der Waals surface area (Å²) in [5.74, 6) is 0. The number of ether oxygens (including phenoxy) is 1. The van der Waals surface area contributed by atoms with Crippen LogP contribution in [0.3, 0.4) is 0 Å². The predicted molar refractivity (Wildman–Crippen MR) is 64.5 cm³/mol. The van der Waals surface area contributed by atoms with Crippen LogP contribution in [0.4, 0.5) is 0 Å². The maximum atomic E-state index is 5.92. The Bertz CT molecular complexity index is 328. The summed E-state index contributed by atoms with van der Waals surface area (Å²) in [4.78, 5) is 0. The van der Waals surface area contributed by atoms with E-state index in [1.165, 1.54) is 0 Å². The molecule has 0 unspecified atom stereocenters. The lowest BCUT2D eigenvalue weighted by atomic mass is 10.1. The van der Waals surface area contributed by atoms with Gasteiger partial charge in [0, 0.05) is 6.54 Å². The molecule has 2 N–H and O–H groups in total. The minimum Gasteiger partial charge on any atom is -0.370 e. The second kappa shape index (κ2) is 5.71. The van der Waals surface area contributed by atoms with Crippen molar-refractivity contribution in [1.29, 1.82) is 0 Å². The van der Waals surface area contributed by atoms with Gasteiger partial charge in [0.15, 0.2) is 0 Å². The average molecular weight is 248 g/mol. The minimum atomic E-state index is -0.125. The first-order valence-corrected chi connectivity index (χ1v) is 5.60. The van der Waals surface area contributed by atoms with Crippen molar-refractivity contribution in [2.24, 2.45) is 5.73 Å². The van der Waals surface area contributed by atoms with Crippen LogP contribution < -0.4 is 5.73 Å². The first kappa shape index (κ1) is 12.8. The lowest BCUT2D eigenvalue weighted by molar-refractivity contribution is 0.0120. The summed E-state index contributed by atoms with van der Waals surface area (Å²) < 4.78 is 5.65. The van der Waals surface area contributed by atoms with Crippen LogP contribution in [-0.4, -0.2) is 12.6 Å². The molecule has 0 fully saturated rings. The van der Waals surface area contributed by atoms with Crippen LogP contribution in [0.2, 0.25) is 10.0 Å². The first-order valence-electron chi connectivity index (χ1n) is 4.85. The highest BCUT2D eigenvalue weighted by atomic mass is 35.5. The van der Waals surface area contributed by atoms with Crippen molar-refractivity contribution in [3.05, 3.63) is 33.8 Å². The third-order valence-corrected chi connectivity index (χ3v) is 2.70. The molecule has 0 radical (unpaired) electrons. The minimum absolute atomic E-state index is 0.125. The smallest absolute Gasteiger partial charge is 0.0951 e. The highest BCUT2D eigenvalue weighted by molar-refractivity contribution is 6.42. The van der Waals surface area contributed by atoms with Crippen molar-refractivity contribution in [2.75, 3.05) is 6.54 Å². The van der Waals surface area contributed by atoms with E-state index < -0.39 is 0 Å². The molecule has 0 saturated heterocycles. The topological polar surface area (TPSA) is 35.2 Å². The molecule has 0 aromatic heterocycles. The Labute approximate surface area is 100 Å². The van der Waals surface area contributed by atoms with Gasteiger partial charge < -0.3 is 10.5 Å². The fraction of sp³-hybridized carbons (Fsp3) is 0.455. The third kappa shape index (κ3) is 3.65. The molecular weight excluding hydrogens is 233 g/mol. The molecule has 1 rings (SSSR count). The Hall–Kier alpha value is -0.280. The number of halogens is 2. The van der Waals surface area contributed by atoms with Crippen molar-refractivity contribution < 1.29 is 4.74 Å². The normalized spacial score (nSPS) is 13.2. The van der Waals surface area contributed by atoms with E-state index in [0.717, 1.165) is 5.56 Å². The van der Waals surface area contributed by atoms with Crippen LogP contribution in [0.25, 0.3) is 0 Å². The van der Waals surface area contributed by atoms with E-state index >= 15 is 0 Å². The van der Waals surface area contributed by atoms with Crippen LogP contribution in [0.15, 0.2) is 18.2 Å². The van der Waals surface area contributed by atoms with E-state index in [-0.39, 0.29) is 12.2 Å². The largest absolute Gasteiger partial charge is 0.370 e. The van der Waals surface area contributed by atoms with E-state index in [1.54, 1.807) is 12.1 Å². The van der Waals surface area contributed by atoms with E-state index in [4.69, 9.17) is 33.7 Å². The lowest BCUT2D eigenvalue weighted by Crippen LogP contribution is -2.19. The lowest BCUT2D eigenvalue weighted by Gasteiger charge is -2.19. The second-order valence-electron chi connectivity index (χ2n) is 3.58. The number of benzene rings is 1. The first-order chi connectivity index (χ1) is 7.04. The number of nitrogens with two attached hydrogens (primary N) is 1. The molecule has 4 heteroatoms. The van der Waals surface area contributed by atoms with E-state index in [9.17, 15) is 0 Å². The zero-order chi connectivity index (χ0) is 11.4. The van der Waals surface area contributed by atoms with Gasteiger partial charge in [0.05, 0.1) is 22.3 Å². The van der Waals surface area contributed by atoms with Crippen molar-refractivity contribution in [2.45, 2.75) is 26.1 Å². The van der Waals surface area contributed by atoms with Crippen LogP contribution in [0.5, 0.6) is 0 Å². The summed E-state index contributed by atoms with van der Waals surface area (Å²) in [6, 6.07) is 5.43. The number of rotatable bonds is 4. The maximum Gasteiger partial charge on any atom is 0.0951 e. The molecule has 1 aromatic rings. The SMILES string of the molecule is CC(C)O[C@@H](CN)c1ccc(Cl)c(Cl)c1. The van der Waals surface area contributed by atoms with Crippen molar-refractivity contribution in [3.8, 4) is 0 Å². The van der Waals surface area contributed by atoms with Crippen molar-refractivity contribution in [1.82, 2.24) is 0 Å². The summed E-state index contributed by atoms with van der Waals surface area (Å²) in [6.07, 6.45) is 0.00719. The van der Waals surface area contributed by atoms with Gasteiger partial charge in [0.1, 0.15) is 0 Å². The Morgan fingerprint density at radius 3 is 2.40 bits per heavy atom. The molecule has 0 aliphatic carbocycles. The van der Waals surface area contributed by atoms with Gasteiger partial charge in [-0.2, -0.15) is 0 Å². The van der Waals surface area contributed by atoms with Gasteiger partial charge in [-0.3, -0.25) is 0 Å². The van der Waals surface area contributed by atoms with Crippen molar-refractivity contribution in [3.63, 3.8) is 0 Å². The van der Waals surface area contributed by atoms with Crippen LogP contribution in [0.1, 0.15) is 25.5 Å². The monoisotopic (exact) mass is 247 g/mol. The molecular formula is C11H15Cl2NO. The predicted octanol–water partition coefficient (Wildman–Crippen LogP) is 3.42. The molecule has 0 aliphatic heterocycles. The summed E-state index contributed by atoms with van der Waals surface area (Å²) in [6.45, 7) is 4.37. The molecule has 0 amide bonds. The summed E-state index contributed by atoms with van der Waals surface area (Å²) >= 11 is 11.8. The summed E-state index contributed by atoms with van der Waals surface area (Å²) in [7, 11) is 0. The molecule has 0 heterocycles. The van der Waals surface area contributed by atoms with E-state index in [0.29, 0.717) is 16.6 Å². The van der Waals surface area contributed by atoms with E-state index in [1.807, 2.05) is 19.9 Å². The Balaban J connectivity index is 2.87. The molecule has 15 heavy (non-hydrogen) atoms. The number of hydrogen-bond donors (Lipinski definition) is 1.